The largest absolute Gasteiger partial charge is 0.355 e. The predicted octanol–water partition coefficient (Wildman–Crippen LogP) is 1.56. The number of nitrogens with one attached hydrogen (secondary N) is 1. The Hall–Kier alpha value is -1.88. The second-order valence-electron chi connectivity index (χ2n) is 6.39. The number of piperidine rings is 1. The molecule has 3 rings (SSSR count). The fraction of sp³-hybridized carbons (Fsp3) is 0.556. The summed E-state index contributed by atoms with van der Waals surface area (Å²) in [5.41, 5.74) is 1.11. The third kappa shape index (κ3) is 4.10. The summed E-state index contributed by atoms with van der Waals surface area (Å²) in [4.78, 5) is 28.7. The van der Waals surface area contributed by atoms with Crippen molar-refractivity contribution in [3.05, 3.63) is 35.9 Å². The van der Waals surface area contributed by atoms with E-state index in [0.29, 0.717) is 26.1 Å². The average Bonchev–Trinajstić information content (AvgIpc) is 2.78. The lowest BCUT2D eigenvalue weighted by molar-refractivity contribution is -0.134. The number of benzene rings is 1. The Bertz CT molecular complexity index is 540. The van der Waals surface area contributed by atoms with Crippen LogP contribution in [0.3, 0.4) is 0 Å². The zero-order valence-corrected chi connectivity index (χ0v) is 13.5. The second kappa shape index (κ2) is 7.59. The molecule has 2 saturated heterocycles. The molecule has 0 aromatic heterocycles. The van der Waals surface area contributed by atoms with Gasteiger partial charge in [0, 0.05) is 38.6 Å². The molecule has 0 aliphatic carbocycles. The van der Waals surface area contributed by atoms with Crippen molar-refractivity contribution in [3.8, 4) is 0 Å². The smallest absolute Gasteiger partial charge is 0.236 e. The number of hydrogen-bond acceptors (Lipinski definition) is 3. The van der Waals surface area contributed by atoms with Crippen LogP contribution < -0.4 is 5.32 Å². The van der Waals surface area contributed by atoms with E-state index in [9.17, 15) is 9.59 Å². The van der Waals surface area contributed by atoms with Crippen LogP contribution in [0.15, 0.2) is 30.3 Å². The van der Waals surface area contributed by atoms with Crippen LogP contribution in [0.1, 0.15) is 37.3 Å². The summed E-state index contributed by atoms with van der Waals surface area (Å²) in [5, 5.41) is 2.92. The fourth-order valence-corrected chi connectivity index (χ4v) is 3.48. The highest BCUT2D eigenvalue weighted by Gasteiger charge is 2.29. The van der Waals surface area contributed by atoms with E-state index in [4.69, 9.17) is 0 Å². The Kier molecular flexibility index (Phi) is 5.28. The van der Waals surface area contributed by atoms with Gasteiger partial charge in [-0.25, -0.2) is 0 Å². The summed E-state index contributed by atoms with van der Waals surface area (Å²) in [6, 6.07) is 10.0. The van der Waals surface area contributed by atoms with Crippen LogP contribution in [-0.2, 0) is 9.59 Å². The Morgan fingerprint density at radius 1 is 1.09 bits per heavy atom. The van der Waals surface area contributed by atoms with E-state index in [-0.39, 0.29) is 17.9 Å². The van der Waals surface area contributed by atoms with E-state index in [0.717, 1.165) is 31.5 Å². The van der Waals surface area contributed by atoms with Crippen molar-refractivity contribution in [1.82, 2.24) is 15.1 Å². The first-order valence-corrected chi connectivity index (χ1v) is 8.57. The van der Waals surface area contributed by atoms with Gasteiger partial charge in [-0.3, -0.25) is 14.5 Å². The number of carbonyl (C=O) groups excluding carboxylic acids is 2. The Balaban J connectivity index is 1.73. The monoisotopic (exact) mass is 315 g/mol. The van der Waals surface area contributed by atoms with Gasteiger partial charge in [0.15, 0.2) is 0 Å². The highest BCUT2D eigenvalue weighted by Crippen LogP contribution is 2.25. The summed E-state index contributed by atoms with van der Waals surface area (Å²) >= 11 is 0. The van der Waals surface area contributed by atoms with Gasteiger partial charge in [-0.15, -0.1) is 0 Å². The maximum Gasteiger partial charge on any atom is 0.236 e. The Morgan fingerprint density at radius 3 is 2.57 bits per heavy atom. The maximum absolute atomic E-state index is 12.6. The minimum atomic E-state index is -0.0209. The van der Waals surface area contributed by atoms with Gasteiger partial charge >= 0.3 is 0 Å². The molecule has 124 valence electrons. The third-order valence-electron chi connectivity index (χ3n) is 4.77. The number of carbonyl (C=O) groups is 2. The quantitative estimate of drug-likeness (QED) is 0.921. The summed E-state index contributed by atoms with van der Waals surface area (Å²) in [5.74, 6) is 0.256. The van der Waals surface area contributed by atoms with Crippen molar-refractivity contribution in [1.29, 1.82) is 0 Å². The van der Waals surface area contributed by atoms with Crippen molar-refractivity contribution in [2.45, 2.75) is 31.7 Å². The summed E-state index contributed by atoms with van der Waals surface area (Å²) < 4.78 is 0. The first-order valence-electron chi connectivity index (χ1n) is 8.57. The minimum absolute atomic E-state index is 0.0209. The van der Waals surface area contributed by atoms with Crippen LogP contribution in [0, 0.1) is 0 Å². The molecule has 5 heteroatoms. The van der Waals surface area contributed by atoms with Crippen LogP contribution in [0.5, 0.6) is 0 Å². The molecule has 1 atom stereocenters. The molecule has 1 aromatic rings. The molecule has 2 fully saturated rings. The molecule has 2 aliphatic rings. The first kappa shape index (κ1) is 16.0. The molecule has 2 amide bonds. The van der Waals surface area contributed by atoms with Crippen LogP contribution in [0.2, 0.25) is 0 Å². The lowest BCUT2D eigenvalue weighted by Crippen LogP contribution is -2.44. The van der Waals surface area contributed by atoms with E-state index < -0.39 is 0 Å². The Labute approximate surface area is 137 Å². The zero-order chi connectivity index (χ0) is 16.1. The molecule has 2 heterocycles. The van der Waals surface area contributed by atoms with E-state index >= 15 is 0 Å². The van der Waals surface area contributed by atoms with Gasteiger partial charge in [-0.2, -0.15) is 0 Å². The molecular weight excluding hydrogens is 290 g/mol. The number of likely N-dealkylation sites (tertiary alicyclic amines) is 1. The Morgan fingerprint density at radius 2 is 1.83 bits per heavy atom. The summed E-state index contributed by atoms with van der Waals surface area (Å²) in [6.07, 6.45) is 3.84. The van der Waals surface area contributed by atoms with Gasteiger partial charge in [0.1, 0.15) is 0 Å². The number of rotatable bonds is 3. The summed E-state index contributed by atoms with van der Waals surface area (Å²) in [6.45, 7) is 3.47. The molecule has 0 bridgehead atoms. The molecule has 0 spiro atoms. The van der Waals surface area contributed by atoms with E-state index in [1.807, 2.05) is 35.2 Å². The normalized spacial score (nSPS) is 23.2. The van der Waals surface area contributed by atoms with Crippen LogP contribution in [-0.4, -0.2) is 54.3 Å². The molecule has 23 heavy (non-hydrogen) atoms. The van der Waals surface area contributed by atoms with Crippen molar-refractivity contribution in [3.63, 3.8) is 0 Å². The van der Waals surface area contributed by atoms with Gasteiger partial charge in [0.25, 0.3) is 0 Å². The average molecular weight is 315 g/mol. The molecule has 5 nitrogen and oxygen atoms in total. The molecule has 1 N–H and O–H groups in total. The highest BCUT2D eigenvalue weighted by atomic mass is 16.2. The third-order valence-corrected chi connectivity index (χ3v) is 4.77. The van der Waals surface area contributed by atoms with E-state index in [1.54, 1.807) is 0 Å². The van der Waals surface area contributed by atoms with Gasteiger partial charge in [-0.05, 0) is 24.8 Å². The number of amides is 2. The van der Waals surface area contributed by atoms with Crippen molar-refractivity contribution >= 4 is 11.8 Å². The van der Waals surface area contributed by atoms with Crippen LogP contribution in [0.25, 0.3) is 0 Å². The van der Waals surface area contributed by atoms with Gasteiger partial charge in [0.2, 0.25) is 11.8 Å². The predicted molar refractivity (Wildman–Crippen MR) is 88.8 cm³/mol. The van der Waals surface area contributed by atoms with Gasteiger partial charge in [-0.1, -0.05) is 30.3 Å². The van der Waals surface area contributed by atoms with E-state index in [2.05, 4.69) is 10.2 Å². The number of hydrogen-bond donors (Lipinski definition) is 1. The SMILES string of the molecule is O=C1CC(c2ccccc2)N(CC(=O)N2CCCCC2)CCN1. The van der Waals surface area contributed by atoms with Crippen molar-refractivity contribution in [2.24, 2.45) is 0 Å². The second-order valence-corrected chi connectivity index (χ2v) is 6.39. The zero-order valence-electron chi connectivity index (χ0n) is 13.5. The molecule has 0 saturated carbocycles. The summed E-state index contributed by atoms with van der Waals surface area (Å²) in [7, 11) is 0. The molecule has 2 aliphatic heterocycles. The van der Waals surface area contributed by atoms with Gasteiger partial charge < -0.3 is 10.2 Å². The first-order chi connectivity index (χ1) is 11.2. The van der Waals surface area contributed by atoms with E-state index in [1.165, 1.54) is 6.42 Å². The van der Waals surface area contributed by atoms with Crippen molar-refractivity contribution < 1.29 is 9.59 Å². The van der Waals surface area contributed by atoms with Gasteiger partial charge in [0.05, 0.1) is 6.54 Å². The molecular formula is C18H25N3O2. The highest BCUT2D eigenvalue weighted by molar-refractivity contribution is 5.79. The molecule has 0 radical (unpaired) electrons. The number of nitrogens with zero attached hydrogens (tertiary/aromatic N) is 2. The van der Waals surface area contributed by atoms with Crippen molar-refractivity contribution in [2.75, 3.05) is 32.7 Å². The van der Waals surface area contributed by atoms with Crippen LogP contribution in [0.4, 0.5) is 0 Å². The lowest BCUT2D eigenvalue weighted by Gasteiger charge is -2.33. The topological polar surface area (TPSA) is 52.7 Å². The fourth-order valence-electron chi connectivity index (χ4n) is 3.48. The lowest BCUT2D eigenvalue weighted by atomic mass is 10.0. The standard InChI is InChI=1S/C18H25N3O2/c22-17-13-16(15-7-3-1-4-8-15)21(12-9-19-17)14-18(23)20-10-5-2-6-11-20/h1,3-4,7-8,16H,2,5-6,9-14H2,(H,19,22). The maximum atomic E-state index is 12.6. The minimum Gasteiger partial charge on any atom is -0.355 e. The molecule has 1 aromatic carbocycles. The molecule has 1 unspecified atom stereocenters. The van der Waals surface area contributed by atoms with Crippen LogP contribution >= 0.6 is 0 Å².